The van der Waals surface area contributed by atoms with Crippen molar-refractivity contribution in [1.82, 2.24) is 0 Å². The van der Waals surface area contributed by atoms with Crippen LogP contribution in [0.15, 0.2) is 48.6 Å². The molecular formula is C65H118O6. The Hall–Kier alpha value is -2.63. The average molecular weight is 996 g/mol. The van der Waals surface area contributed by atoms with Gasteiger partial charge in [0.15, 0.2) is 6.10 Å². The molecule has 0 heterocycles. The Morgan fingerprint density at radius 1 is 0.282 bits per heavy atom. The molecule has 1 atom stereocenters. The minimum atomic E-state index is -0.792. The summed E-state index contributed by atoms with van der Waals surface area (Å²) in [5.74, 6) is -0.922. The summed E-state index contributed by atoms with van der Waals surface area (Å²) in [5, 5.41) is 0. The van der Waals surface area contributed by atoms with Gasteiger partial charge in [0, 0.05) is 19.3 Å². The van der Waals surface area contributed by atoms with Crippen LogP contribution in [0.4, 0.5) is 0 Å². The van der Waals surface area contributed by atoms with Gasteiger partial charge in [-0.05, 0) is 57.8 Å². The number of carbonyl (C=O) groups excluding carboxylic acids is 3. The molecule has 0 N–H and O–H groups in total. The van der Waals surface area contributed by atoms with Crippen LogP contribution in [0.25, 0.3) is 0 Å². The van der Waals surface area contributed by atoms with E-state index in [1.807, 2.05) is 0 Å². The molecule has 0 aromatic heterocycles. The zero-order valence-corrected chi connectivity index (χ0v) is 47.5. The molecule has 6 heteroatoms. The molecule has 0 bridgehead atoms. The Labute approximate surface area is 441 Å². The molecular weight excluding hydrogens is 877 g/mol. The van der Waals surface area contributed by atoms with Crippen LogP contribution in [0.2, 0.25) is 0 Å². The summed E-state index contributed by atoms with van der Waals surface area (Å²) in [7, 11) is 0. The first-order chi connectivity index (χ1) is 35.0. The van der Waals surface area contributed by atoms with E-state index in [4.69, 9.17) is 14.2 Å². The predicted octanol–water partition coefficient (Wildman–Crippen LogP) is 21.0. The topological polar surface area (TPSA) is 78.9 Å². The van der Waals surface area contributed by atoms with Crippen molar-refractivity contribution >= 4 is 17.9 Å². The van der Waals surface area contributed by atoms with Crippen molar-refractivity contribution in [1.29, 1.82) is 0 Å². The molecule has 0 spiro atoms. The van der Waals surface area contributed by atoms with E-state index < -0.39 is 6.10 Å². The smallest absolute Gasteiger partial charge is 0.306 e. The van der Waals surface area contributed by atoms with E-state index in [-0.39, 0.29) is 37.5 Å². The molecule has 0 rings (SSSR count). The van der Waals surface area contributed by atoms with E-state index in [9.17, 15) is 14.4 Å². The van der Waals surface area contributed by atoms with Crippen LogP contribution in [0.3, 0.4) is 0 Å². The third-order valence-electron chi connectivity index (χ3n) is 13.8. The number of hydrogen-bond acceptors (Lipinski definition) is 6. The van der Waals surface area contributed by atoms with Gasteiger partial charge >= 0.3 is 17.9 Å². The molecule has 0 aromatic carbocycles. The Kier molecular flexibility index (Phi) is 57.7. The number of allylic oxidation sites excluding steroid dienone is 8. The summed E-state index contributed by atoms with van der Waals surface area (Å²) in [6.07, 6.45) is 74.0. The molecule has 0 saturated heterocycles. The second kappa shape index (κ2) is 59.9. The number of esters is 3. The second-order valence-corrected chi connectivity index (χ2v) is 21.0. The summed E-state index contributed by atoms with van der Waals surface area (Å²) in [4.78, 5) is 38.2. The van der Waals surface area contributed by atoms with Crippen molar-refractivity contribution in [2.24, 2.45) is 0 Å². The van der Waals surface area contributed by atoms with Crippen molar-refractivity contribution in [3.8, 4) is 0 Å². The van der Waals surface area contributed by atoms with Crippen LogP contribution in [0.1, 0.15) is 329 Å². The zero-order chi connectivity index (χ0) is 51.4. The lowest BCUT2D eigenvalue weighted by Crippen LogP contribution is -2.30. The van der Waals surface area contributed by atoms with Crippen molar-refractivity contribution in [3.05, 3.63) is 48.6 Å². The third kappa shape index (κ3) is 58.1. The summed E-state index contributed by atoms with van der Waals surface area (Å²) >= 11 is 0. The van der Waals surface area contributed by atoms with Gasteiger partial charge in [0.05, 0.1) is 0 Å². The van der Waals surface area contributed by atoms with E-state index in [0.717, 1.165) is 64.2 Å². The predicted molar refractivity (Wildman–Crippen MR) is 307 cm³/mol. The fourth-order valence-corrected chi connectivity index (χ4v) is 9.14. The lowest BCUT2D eigenvalue weighted by atomic mass is 10.0. The van der Waals surface area contributed by atoms with Crippen molar-refractivity contribution in [3.63, 3.8) is 0 Å². The van der Waals surface area contributed by atoms with Crippen molar-refractivity contribution in [2.45, 2.75) is 335 Å². The van der Waals surface area contributed by atoms with Crippen LogP contribution in [-0.2, 0) is 28.6 Å². The van der Waals surface area contributed by atoms with Crippen LogP contribution in [-0.4, -0.2) is 37.2 Å². The van der Waals surface area contributed by atoms with E-state index in [1.54, 1.807) is 0 Å². The molecule has 0 aliphatic rings. The lowest BCUT2D eigenvalue weighted by Gasteiger charge is -2.18. The van der Waals surface area contributed by atoms with Gasteiger partial charge in [-0.25, -0.2) is 0 Å². The Morgan fingerprint density at radius 3 is 0.845 bits per heavy atom. The average Bonchev–Trinajstić information content (AvgIpc) is 3.37. The monoisotopic (exact) mass is 995 g/mol. The summed E-state index contributed by atoms with van der Waals surface area (Å²) in [6.45, 7) is 6.62. The summed E-state index contributed by atoms with van der Waals surface area (Å²) in [5.41, 5.74) is 0. The largest absolute Gasteiger partial charge is 0.462 e. The van der Waals surface area contributed by atoms with Gasteiger partial charge in [0.2, 0.25) is 0 Å². The number of carbonyl (C=O) groups is 3. The first kappa shape index (κ1) is 68.4. The minimum absolute atomic E-state index is 0.0851. The third-order valence-corrected chi connectivity index (χ3v) is 13.8. The number of rotatable bonds is 57. The van der Waals surface area contributed by atoms with Gasteiger partial charge in [0.1, 0.15) is 13.2 Å². The zero-order valence-electron chi connectivity index (χ0n) is 47.5. The molecule has 414 valence electrons. The molecule has 0 aliphatic carbocycles. The van der Waals surface area contributed by atoms with E-state index in [1.165, 1.54) is 218 Å². The molecule has 0 aliphatic heterocycles. The highest BCUT2D eigenvalue weighted by Crippen LogP contribution is 2.17. The maximum absolute atomic E-state index is 12.9. The molecule has 71 heavy (non-hydrogen) atoms. The Bertz CT molecular complexity index is 1230. The van der Waals surface area contributed by atoms with Crippen LogP contribution >= 0.6 is 0 Å². The van der Waals surface area contributed by atoms with Crippen molar-refractivity contribution in [2.75, 3.05) is 13.2 Å². The van der Waals surface area contributed by atoms with Gasteiger partial charge in [-0.2, -0.15) is 0 Å². The molecule has 0 radical (unpaired) electrons. The quantitative estimate of drug-likeness (QED) is 0.0261. The van der Waals surface area contributed by atoms with Gasteiger partial charge < -0.3 is 14.2 Å². The van der Waals surface area contributed by atoms with E-state index >= 15 is 0 Å². The van der Waals surface area contributed by atoms with Gasteiger partial charge in [-0.3, -0.25) is 14.4 Å². The minimum Gasteiger partial charge on any atom is -0.462 e. The maximum atomic E-state index is 12.9. The van der Waals surface area contributed by atoms with Gasteiger partial charge in [-0.15, -0.1) is 0 Å². The van der Waals surface area contributed by atoms with Crippen LogP contribution < -0.4 is 0 Å². The number of ether oxygens (including phenoxy) is 3. The molecule has 0 saturated carbocycles. The van der Waals surface area contributed by atoms with Gasteiger partial charge in [-0.1, -0.05) is 301 Å². The molecule has 0 unspecified atom stereocenters. The number of unbranched alkanes of at least 4 members (excludes halogenated alkanes) is 38. The SMILES string of the molecule is CCCCC/C=C\C/C=C\C/C=C\C/C=C\CCCC(=O)OC[C@H](COC(=O)CCCCCCCCCCCCCCCCCCCCC)OC(=O)CCCCCCCCCCCCCCCCCCC. The highest BCUT2D eigenvalue weighted by Gasteiger charge is 2.19. The molecule has 0 aromatic rings. The van der Waals surface area contributed by atoms with Crippen LogP contribution in [0, 0.1) is 0 Å². The molecule has 0 fully saturated rings. The van der Waals surface area contributed by atoms with Gasteiger partial charge in [0.25, 0.3) is 0 Å². The first-order valence-corrected chi connectivity index (χ1v) is 31.1. The highest BCUT2D eigenvalue weighted by molar-refractivity contribution is 5.71. The van der Waals surface area contributed by atoms with Crippen molar-refractivity contribution < 1.29 is 28.6 Å². The standard InChI is InChI=1S/C65H118O6/c1-4-7-10-13-16-19-22-25-28-31-32-35-37-40-43-46-49-52-55-58-64(67)70-61-62(71-65(68)59-56-53-50-47-44-41-38-34-30-27-24-21-18-15-12-9-6-3)60-69-63(66)57-54-51-48-45-42-39-36-33-29-26-23-20-17-14-11-8-5-2/h17,20,26,29,36,39,45,48,62H,4-16,18-19,21-25,27-28,30-35,37-38,40-44,46-47,49-61H2,1-3H3/b20-17-,29-26-,39-36-,48-45-/t62-/m1/s1. The molecule has 6 nitrogen and oxygen atoms in total. The normalized spacial score (nSPS) is 12.3. The van der Waals surface area contributed by atoms with Crippen LogP contribution in [0.5, 0.6) is 0 Å². The Balaban J connectivity index is 4.39. The molecule has 0 amide bonds. The summed E-state index contributed by atoms with van der Waals surface area (Å²) < 4.78 is 16.9. The fraction of sp³-hybridized carbons (Fsp3) is 0.831. The fourth-order valence-electron chi connectivity index (χ4n) is 9.14. The second-order valence-electron chi connectivity index (χ2n) is 21.0. The highest BCUT2D eigenvalue weighted by atomic mass is 16.6. The Morgan fingerprint density at radius 2 is 0.521 bits per heavy atom. The summed E-state index contributed by atoms with van der Waals surface area (Å²) in [6, 6.07) is 0. The van der Waals surface area contributed by atoms with E-state index in [0.29, 0.717) is 19.3 Å². The first-order valence-electron chi connectivity index (χ1n) is 31.1. The van der Waals surface area contributed by atoms with E-state index in [2.05, 4.69) is 69.4 Å². The lowest BCUT2D eigenvalue weighted by molar-refractivity contribution is -0.167. The number of hydrogen-bond donors (Lipinski definition) is 0. The maximum Gasteiger partial charge on any atom is 0.306 e.